The van der Waals surface area contributed by atoms with E-state index in [1.54, 1.807) is 0 Å². The van der Waals surface area contributed by atoms with Gasteiger partial charge in [-0.3, -0.25) is 0 Å². The van der Waals surface area contributed by atoms with E-state index >= 15 is 0 Å². The average molecular weight is 1020 g/mol. The maximum atomic E-state index is 5.66. The van der Waals surface area contributed by atoms with E-state index in [-0.39, 0.29) is 6.04 Å². The molecule has 1 aliphatic heterocycles. The lowest BCUT2D eigenvalue weighted by Gasteiger charge is -2.29. The molecule has 372 valence electrons. The van der Waals surface area contributed by atoms with E-state index in [1.807, 2.05) is 0 Å². The average Bonchev–Trinajstić information content (AvgIpc) is 4.44. The first-order valence-corrected chi connectivity index (χ1v) is 27.6. The second-order valence-corrected chi connectivity index (χ2v) is 21.6. The molecule has 4 aromatic heterocycles. The van der Waals surface area contributed by atoms with Gasteiger partial charge < -0.3 is 18.6 Å². The molecule has 0 bridgehead atoms. The molecule has 6 nitrogen and oxygen atoms in total. The first kappa shape index (κ1) is 43.5. The van der Waals surface area contributed by atoms with Crippen molar-refractivity contribution in [3.8, 4) is 62.1 Å². The summed E-state index contributed by atoms with van der Waals surface area (Å²) in [5.41, 5.74) is 21.3. The van der Waals surface area contributed by atoms with Gasteiger partial charge in [0, 0.05) is 88.9 Å². The van der Waals surface area contributed by atoms with Crippen LogP contribution in [0, 0.1) is 0 Å². The minimum Gasteiger partial charge on any atom is -0.333 e. The third-order valence-electron chi connectivity index (χ3n) is 17.5. The Hall–Kier alpha value is -10.6. The predicted octanol–water partition coefficient (Wildman–Crippen LogP) is 18.6. The molecule has 0 saturated carbocycles. The summed E-state index contributed by atoms with van der Waals surface area (Å²) in [6, 6.07) is 89.2. The van der Waals surface area contributed by atoms with E-state index in [0.29, 0.717) is 11.7 Å². The lowest BCUT2D eigenvalue weighted by atomic mass is 9.91. The van der Waals surface area contributed by atoms with Crippen LogP contribution < -0.4 is 4.90 Å². The molecule has 2 unspecified atom stereocenters. The highest BCUT2D eigenvalue weighted by Crippen LogP contribution is 2.52. The summed E-state index contributed by atoms with van der Waals surface area (Å²) >= 11 is 0. The fourth-order valence-corrected chi connectivity index (χ4v) is 14.1. The van der Waals surface area contributed by atoms with Crippen LogP contribution in [0.1, 0.15) is 11.5 Å². The summed E-state index contributed by atoms with van der Waals surface area (Å²) in [5, 5.41) is 9.79. The van der Waals surface area contributed by atoms with Crippen molar-refractivity contribution in [2.24, 2.45) is 0 Å². The molecular weight excluding hydrogens is 973 g/mol. The maximum Gasteiger partial charge on any atom is 0.160 e. The van der Waals surface area contributed by atoms with Crippen molar-refractivity contribution in [1.82, 2.24) is 23.7 Å². The van der Waals surface area contributed by atoms with Crippen molar-refractivity contribution in [2.45, 2.75) is 12.0 Å². The molecule has 0 N–H and O–H groups in total. The van der Waals surface area contributed by atoms with Crippen molar-refractivity contribution < 1.29 is 0 Å². The Morgan fingerprint density at radius 1 is 0.338 bits per heavy atom. The quantitative estimate of drug-likeness (QED) is 0.167. The fraction of sp³-hybridized carbons (Fsp3) is 0.0270. The van der Waals surface area contributed by atoms with Crippen LogP contribution in [-0.4, -0.2) is 29.7 Å². The predicted molar refractivity (Wildman–Crippen MR) is 331 cm³/mol. The van der Waals surface area contributed by atoms with E-state index < -0.39 is 0 Å². The van der Waals surface area contributed by atoms with E-state index in [4.69, 9.17) is 9.97 Å². The molecule has 6 heteroatoms. The van der Waals surface area contributed by atoms with Crippen LogP contribution in [0.2, 0.25) is 0 Å². The molecule has 0 amide bonds. The minimum absolute atomic E-state index is 0.204. The van der Waals surface area contributed by atoms with Gasteiger partial charge in [0.15, 0.2) is 5.82 Å². The Balaban J connectivity index is 0.794. The van der Waals surface area contributed by atoms with Gasteiger partial charge in [0.25, 0.3) is 0 Å². The Bertz CT molecular complexity index is 5160. The molecule has 80 heavy (non-hydrogen) atoms. The number of benzene rings is 11. The molecule has 15 aromatic rings. The van der Waals surface area contributed by atoms with Crippen molar-refractivity contribution in [3.05, 3.63) is 273 Å². The Morgan fingerprint density at radius 2 is 0.850 bits per heavy atom. The van der Waals surface area contributed by atoms with Gasteiger partial charge in [0.05, 0.1) is 50.5 Å². The highest BCUT2D eigenvalue weighted by atomic mass is 15.2. The molecular formula is C74H46N6. The van der Waals surface area contributed by atoms with Gasteiger partial charge in [-0.1, -0.05) is 176 Å². The minimum atomic E-state index is 0.204. The fourth-order valence-electron chi connectivity index (χ4n) is 14.1. The summed E-state index contributed by atoms with van der Waals surface area (Å²) in [6.07, 6.45) is 9.09. The van der Waals surface area contributed by atoms with E-state index in [1.165, 1.54) is 76.6 Å². The number of rotatable bonds is 6. The van der Waals surface area contributed by atoms with Crippen LogP contribution in [0.4, 0.5) is 11.4 Å². The van der Waals surface area contributed by atoms with Crippen molar-refractivity contribution >= 4 is 87.6 Å². The Labute approximate surface area is 460 Å². The van der Waals surface area contributed by atoms with Gasteiger partial charge >= 0.3 is 0 Å². The van der Waals surface area contributed by atoms with Crippen LogP contribution in [-0.2, 0) is 0 Å². The molecule has 0 radical (unpaired) electrons. The first-order valence-electron chi connectivity index (χ1n) is 27.6. The number of hydrogen-bond donors (Lipinski definition) is 0. The van der Waals surface area contributed by atoms with Crippen LogP contribution >= 0.6 is 0 Å². The Kier molecular flexibility index (Phi) is 8.97. The zero-order valence-electron chi connectivity index (χ0n) is 43.2. The lowest BCUT2D eigenvalue weighted by molar-refractivity contribution is 0.745. The van der Waals surface area contributed by atoms with Gasteiger partial charge in [-0.05, 0) is 113 Å². The number of para-hydroxylation sites is 5. The Morgan fingerprint density at radius 3 is 1.54 bits per heavy atom. The SMILES string of the molecule is C1=CC2c3ccccc3N(c3ccc4c5ccccc5n(-c5cccc(-c6nc(-c7ccc(-n8c9ccccc9c9ccc(-n%10c%11ccccc%11c%11ccccc%11%10)cc98)cc7)nc7c6-c6cccc8cccc-7c68)c5)c4c3)C2C=C1. The molecule has 11 aromatic carbocycles. The number of hydrogen-bond acceptors (Lipinski definition) is 3. The molecule has 5 heterocycles. The van der Waals surface area contributed by atoms with Gasteiger partial charge in [0.1, 0.15) is 0 Å². The zero-order valence-corrected chi connectivity index (χ0v) is 43.2. The third kappa shape index (κ3) is 6.07. The van der Waals surface area contributed by atoms with Gasteiger partial charge in [-0.2, -0.15) is 0 Å². The normalized spacial score (nSPS) is 15.1. The molecule has 0 fully saturated rings. The molecule has 2 atom stereocenters. The van der Waals surface area contributed by atoms with E-state index in [9.17, 15) is 0 Å². The summed E-state index contributed by atoms with van der Waals surface area (Å²) in [6.45, 7) is 0. The molecule has 2 aliphatic carbocycles. The van der Waals surface area contributed by atoms with Crippen molar-refractivity contribution in [1.29, 1.82) is 0 Å². The second kappa shape index (κ2) is 16.5. The summed E-state index contributed by atoms with van der Waals surface area (Å²) in [7, 11) is 0. The lowest BCUT2D eigenvalue weighted by Crippen LogP contribution is -2.28. The number of nitrogens with zero attached hydrogens (tertiary/aromatic N) is 6. The standard InChI is InChI=1S/C74H46N6/c1-8-29-63-52(20-1)53-21-2-9-30-64(53)78(63)50-38-40-58-56-24-5-7-28-62(56)77(68(58)43-50)48-36-34-46(35-37-48)74-75-72(71-60-26-14-16-45-17-15-27-61(70(45)60)73(71)76-74)47-18-13-19-49(42-47)80-67-33-12-6-25-57(67)59-41-39-51(44-69(59)80)79-65-31-10-3-22-54(65)55-23-4-11-32-66(55)79/h1-44,54,65H. The second-order valence-electron chi connectivity index (χ2n) is 21.6. The third-order valence-corrected chi connectivity index (χ3v) is 17.5. The molecule has 0 saturated heterocycles. The van der Waals surface area contributed by atoms with Crippen LogP contribution in [0.5, 0.6) is 0 Å². The maximum absolute atomic E-state index is 5.66. The summed E-state index contributed by atoms with van der Waals surface area (Å²) in [4.78, 5) is 13.7. The molecule has 18 rings (SSSR count). The van der Waals surface area contributed by atoms with Gasteiger partial charge in [0.2, 0.25) is 0 Å². The highest BCUT2D eigenvalue weighted by Gasteiger charge is 2.37. The molecule has 3 aliphatic rings. The highest BCUT2D eigenvalue weighted by molar-refractivity contribution is 6.18. The smallest absolute Gasteiger partial charge is 0.160 e. The molecule has 0 spiro atoms. The van der Waals surface area contributed by atoms with Gasteiger partial charge in [-0.25, -0.2) is 9.97 Å². The topological polar surface area (TPSA) is 43.8 Å². The number of fused-ring (bicyclic) bond motifs is 15. The zero-order chi connectivity index (χ0) is 52.2. The first-order chi connectivity index (χ1) is 39.7. The van der Waals surface area contributed by atoms with Crippen molar-refractivity contribution in [2.75, 3.05) is 4.90 Å². The summed E-state index contributed by atoms with van der Waals surface area (Å²) in [5.74, 6) is 0.991. The van der Waals surface area contributed by atoms with Crippen molar-refractivity contribution in [3.63, 3.8) is 0 Å². The van der Waals surface area contributed by atoms with Crippen LogP contribution in [0.15, 0.2) is 267 Å². The van der Waals surface area contributed by atoms with Crippen LogP contribution in [0.3, 0.4) is 0 Å². The number of aromatic nitrogens is 5. The van der Waals surface area contributed by atoms with E-state index in [2.05, 4.69) is 286 Å². The largest absolute Gasteiger partial charge is 0.333 e. The number of allylic oxidation sites excluding steroid dienone is 2. The van der Waals surface area contributed by atoms with Crippen LogP contribution in [0.25, 0.3) is 138 Å². The monoisotopic (exact) mass is 1020 g/mol. The number of anilines is 2. The van der Waals surface area contributed by atoms with E-state index in [0.717, 1.165) is 72.8 Å². The summed E-state index contributed by atoms with van der Waals surface area (Å²) < 4.78 is 7.26. The van der Waals surface area contributed by atoms with Gasteiger partial charge in [-0.15, -0.1) is 0 Å².